The monoisotopic (exact) mass is 341 g/mol. The number of amides is 1. The first-order valence-corrected chi connectivity index (χ1v) is 7.93. The van der Waals surface area contributed by atoms with E-state index in [9.17, 15) is 4.79 Å². The smallest absolute Gasteiger partial charge is 0.220 e. The van der Waals surface area contributed by atoms with Crippen molar-refractivity contribution in [3.05, 3.63) is 0 Å². The van der Waals surface area contributed by atoms with Gasteiger partial charge in [-0.15, -0.1) is 24.8 Å². The van der Waals surface area contributed by atoms with Crippen molar-refractivity contribution in [2.75, 3.05) is 26.2 Å². The van der Waals surface area contributed by atoms with Crippen molar-refractivity contribution in [3.8, 4) is 0 Å². The highest BCUT2D eigenvalue weighted by Crippen LogP contribution is 2.09. The van der Waals surface area contributed by atoms with E-state index in [0.29, 0.717) is 6.42 Å². The second-order valence-electron chi connectivity index (χ2n) is 5.83. The van der Waals surface area contributed by atoms with Crippen LogP contribution in [0.5, 0.6) is 0 Å². The number of halogens is 2. The Labute approximate surface area is 142 Å². The molecule has 0 aliphatic carbocycles. The van der Waals surface area contributed by atoms with E-state index in [2.05, 4.69) is 10.2 Å². The standard InChI is InChI=1S/C15H31N3O.2ClH/c1-14(16)8-9-15(19)17-10-4-2-5-11-18-12-6-3-7-13-18;;/h14H,2-13,16H2,1H3,(H,17,19);2*1H. The molecule has 0 spiro atoms. The maximum absolute atomic E-state index is 11.5. The Morgan fingerprint density at radius 1 is 1.14 bits per heavy atom. The third-order valence-electron chi connectivity index (χ3n) is 3.75. The molecule has 4 nitrogen and oxygen atoms in total. The molecule has 1 heterocycles. The van der Waals surface area contributed by atoms with Crippen molar-refractivity contribution in [3.63, 3.8) is 0 Å². The summed E-state index contributed by atoms with van der Waals surface area (Å²) in [5, 5.41) is 2.97. The molecule has 1 atom stereocenters. The number of hydrogen-bond donors (Lipinski definition) is 2. The van der Waals surface area contributed by atoms with Crippen LogP contribution in [0.4, 0.5) is 0 Å². The zero-order valence-corrected chi connectivity index (χ0v) is 14.9. The summed E-state index contributed by atoms with van der Waals surface area (Å²) in [4.78, 5) is 14.0. The van der Waals surface area contributed by atoms with Crippen LogP contribution in [0.25, 0.3) is 0 Å². The molecule has 21 heavy (non-hydrogen) atoms. The molecule has 0 radical (unpaired) electrons. The van der Waals surface area contributed by atoms with Gasteiger partial charge in [0.1, 0.15) is 0 Å². The van der Waals surface area contributed by atoms with Gasteiger partial charge in [-0.2, -0.15) is 0 Å². The first-order chi connectivity index (χ1) is 9.18. The second-order valence-corrected chi connectivity index (χ2v) is 5.83. The van der Waals surface area contributed by atoms with Gasteiger partial charge in [-0.05, 0) is 58.7 Å². The van der Waals surface area contributed by atoms with E-state index in [-0.39, 0.29) is 36.8 Å². The minimum atomic E-state index is 0. The minimum absolute atomic E-state index is 0. The predicted molar refractivity (Wildman–Crippen MR) is 94.5 cm³/mol. The van der Waals surface area contributed by atoms with E-state index in [4.69, 9.17) is 5.73 Å². The Balaban J connectivity index is 0. The van der Waals surface area contributed by atoms with Gasteiger partial charge in [0.05, 0.1) is 0 Å². The molecule has 1 aliphatic rings. The van der Waals surface area contributed by atoms with Gasteiger partial charge in [0.15, 0.2) is 0 Å². The molecule has 0 aromatic rings. The summed E-state index contributed by atoms with van der Waals surface area (Å²) in [6.07, 6.45) is 9.05. The first-order valence-electron chi connectivity index (χ1n) is 7.93. The lowest BCUT2D eigenvalue weighted by atomic mass is 10.1. The number of nitrogens with zero attached hydrogens (tertiary/aromatic N) is 1. The third-order valence-corrected chi connectivity index (χ3v) is 3.75. The zero-order chi connectivity index (χ0) is 13.9. The summed E-state index contributed by atoms with van der Waals surface area (Å²) >= 11 is 0. The molecular formula is C15H33Cl2N3O. The van der Waals surface area contributed by atoms with Gasteiger partial charge in [0, 0.05) is 19.0 Å². The topological polar surface area (TPSA) is 58.4 Å². The van der Waals surface area contributed by atoms with Crippen molar-refractivity contribution in [1.29, 1.82) is 0 Å². The van der Waals surface area contributed by atoms with E-state index in [1.165, 1.54) is 51.7 Å². The fourth-order valence-corrected chi connectivity index (χ4v) is 2.50. The van der Waals surface area contributed by atoms with E-state index in [1.54, 1.807) is 0 Å². The summed E-state index contributed by atoms with van der Waals surface area (Å²) in [7, 11) is 0. The molecule has 1 unspecified atom stereocenters. The number of nitrogens with one attached hydrogen (secondary N) is 1. The third kappa shape index (κ3) is 13.4. The van der Waals surface area contributed by atoms with Crippen LogP contribution in [0.2, 0.25) is 0 Å². The van der Waals surface area contributed by atoms with Gasteiger partial charge in [-0.3, -0.25) is 4.79 Å². The van der Waals surface area contributed by atoms with Gasteiger partial charge < -0.3 is 16.0 Å². The Morgan fingerprint density at radius 2 is 1.81 bits per heavy atom. The molecule has 0 aromatic heterocycles. The van der Waals surface area contributed by atoms with E-state index < -0.39 is 0 Å². The molecule has 1 rings (SSSR count). The summed E-state index contributed by atoms with van der Waals surface area (Å²) < 4.78 is 0. The molecule has 1 aliphatic heterocycles. The second kappa shape index (κ2) is 14.9. The molecule has 128 valence electrons. The summed E-state index contributed by atoms with van der Waals surface area (Å²) in [5.41, 5.74) is 5.62. The number of carbonyl (C=O) groups is 1. The number of piperidine rings is 1. The molecule has 0 saturated carbocycles. The highest BCUT2D eigenvalue weighted by molar-refractivity contribution is 5.85. The van der Waals surface area contributed by atoms with Crippen LogP contribution in [0, 0.1) is 0 Å². The fraction of sp³-hybridized carbons (Fsp3) is 0.933. The summed E-state index contributed by atoms with van der Waals surface area (Å²) in [6, 6.07) is 0.121. The SMILES string of the molecule is CC(N)CCC(=O)NCCCCCN1CCCCC1.Cl.Cl. The highest BCUT2D eigenvalue weighted by atomic mass is 35.5. The average Bonchev–Trinajstić information content (AvgIpc) is 2.41. The highest BCUT2D eigenvalue weighted by Gasteiger charge is 2.08. The summed E-state index contributed by atoms with van der Waals surface area (Å²) in [5.74, 6) is 0.147. The van der Waals surface area contributed by atoms with Crippen molar-refractivity contribution in [2.24, 2.45) is 5.73 Å². The van der Waals surface area contributed by atoms with E-state index in [1.807, 2.05) is 6.92 Å². The quantitative estimate of drug-likeness (QED) is 0.634. The van der Waals surface area contributed by atoms with Crippen molar-refractivity contribution in [1.82, 2.24) is 10.2 Å². The lowest BCUT2D eigenvalue weighted by Gasteiger charge is -2.26. The van der Waals surface area contributed by atoms with Crippen LogP contribution in [0.3, 0.4) is 0 Å². The van der Waals surface area contributed by atoms with Crippen molar-refractivity contribution < 1.29 is 4.79 Å². The zero-order valence-electron chi connectivity index (χ0n) is 13.3. The normalized spacial score (nSPS) is 16.5. The van der Waals surface area contributed by atoms with E-state index in [0.717, 1.165) is 19.4 Å². The van der Waals surface area contributed by atoms with Crippen LogP contribution in [0.15, 0.2) is 0 Å². The lowest BCUT2D eigenvalue weighted by molar-refractivity contribution is -0.121. The molecule has 1 saturated heterocycles. The van der Waals surface area contributed by atoms with Gasteiger partial charge in [0.25, 0.3) is 0 Å². The number of unbranched alkanes of at least 4 members (excludes halogenated alkanes) is 2. The number of carbonyl (C=O) groups excluding carboxylic acids is 1. The maximum Gasteiger partial charge on any atom is 0.220 e. The molecule has 0 bridgehead atoms. The maximum atomic E-state index is 11.5. The average molecular weight is 342 g/mol. The van der Waals surface area contributed by atoms with Crippen LogP contribution in [-0.4, -0.2) is 43.0 Å². The van der Waals surface area contributed by atoms with Gasteiger partial charge in [-0.1, -0.05) is 12.8 Å². The number of rotatable bonds is 9. The van der Waals surface area contributed by atoms with Crippen molar-refractivity contribution in [2.45, 2.75) is 64.3 Å². The molecule has 0 aromatic carbocycles. The van der Waals surface area contributed by atoms with Crippen LogP contribution >= 0.6 is 24.8 Å². The van der Waals surface area contributed by atoms with Gasteiger partial charge in [0.2, 0.25) is 5.91 Å². The number of likely N-dealkylation sites (tertiary alicyclic amines) is 1. The summed E-state index contributed by atoms with van der Waals surface area (Å²) in [6.45, 7) is 6.56. The fourth-order valence-electron chi connectivity index (χ4n) is 2.50. The molecular weight excluding hydrogens is 309 g/mol. The van der Waals surface area contributed by atoms with Crippen LogP contribution < -0.4 is 11.1 Å². The Bertz CT molecular complexity index is 247. The molecule has 1 amide bonds. The Hall–Kier alpha value is -0.0300. The number of nitrogens with two attached hydrogens (primary N) is 1. The van der Waals surface area contributed by atoms with Crippen molar-refractivity contribution >= 4 is 30.7 Å². The minimum Gasteiger partial charge on any atom is -0.356 e. The largest absolute Gasteiger partial charge is 0.356 e. The molecule has 6 heteroatoms. The Kier molecular flexibility index (Phi) is 16.5. The first kappa shape index (κ1) is 23.2. The lowest BCUT2D eigenvalue weighted by Crippen LogP contribution is -2.30. The molecule has 1 fully saturated rings. The number of hydrogen-bond acceptors (Lipinski definition) is 3. The van der Waals surface area contributed by atoms with Crippen LogP contribution in [-0.2, 0) is 4.79 Å². The van der Waals surface area contributed by atoms with Gasteiger partial charge >= 0.3 is 0 Å². The Morgan fingerprint density at radius 3 is 2.43 bits per heavy atom. The van der Waals surface area contributed by atoms with Gasteiger partial charge in [-0.25, -0.2) is 0 Å². The van der Waals surface area contributed by atoms with E-state index >= 15 is 0 Å². The predicted octanol–water partition coefficient (Wildman–Crippen LogP) is 2.73. The van der Waals surface area contributed by atoms with Crippen LogP contribution in [0.1, 0.15) is 58.3 Å². The molecule has 3 N–H and O–H groups in total.